The van der Waals surface area contributed by atoms with Gasteiger partial charge in [-0.1, -0.05) is 47.0 Å². The number of fused-ring (bicyclic) bond motifs is 5. The first-order valence-electron chi connectivity index (χ1n) is 12.8. The summed E-state index contributed by atoms with van der Waals surface area (Å²) in [5.74, 6) is 3.18. The van der Waals surface area contributed by atoms with Gasteiger partial charge < -0.3 is 4.74 Å². The van der Waals surface area contributed by atoms with Gasteiger partial charge in [0.2, 0.25) is 0 Å². The fraction of sp³-hybridized carbons (Fsp3) is 0.786. The Kier molecular flexibility index (Phi) is 5.23. The summed E-state index contributed by atoms with van der Waals surface area (Å²) in [6, 6.07) is 5.41. The van der Waals surface area contributed by atoms with Gasteiger partial charge >= 0.3 is 6.18 Å². The van der Waals surface area contributed by atoms with Crippen molar-refractivity contribution in [3.8, 4) is 5.75 Å². The van der Waals surface area contributed by atoms with E-state index in [1.807, 2.05) is 0 Å². The molecule has 0 heterocycles. The van der Waals surface area contributed by atoms with E-state index >= 15 is 0 Å². The average molecular weight is 449 g/mol. The predicted molar refractivity (Wildman–Crippen MR) is 121 cm³/mol. The average Bonchev–Trinajstić information content (AvgIpc) is 3.12. The lowest BCUT2D eigenvalue weighted by Gasteiger charge is -2.67. The Balaban J connectivity index is 1.52. The summed E-state index contributed by atoms with van der Waals surface area (Å²) in [6.07, 6.45) is 7.43. The van der Waals surface area contributed by atoms with E-state index in [1.54, 1.807) is 0 Å². The van der Waals surface area contributed by atoms with Gasteiger partial charge in [0.15, 0.2) is 0 Å². The summed E-state index contributed by atoms with van der Waals surface area (Å²) in [7, 11) is 0. The Hall–Kier alpha value is -1.19. The van der Waals surface area contributed by atoms with Crippen LogP contribution in [0.4, 0.5) is 13.2 Å². The number of hydrogen-bond acceptors (Lipinski definition) is 1. The molecule has 4 fully saturated rings. The zero-order valence-electron chi connectivity index (χ0n) is 20.1. The van der Waals surface area contributed by atoms with Crippen LogP contribution in [0.2, 0.25) is 0 Å². The minimum Gasteiger partial charge on any atom is -0.490 e. The van der Waals surface area contributed by atoms with Gasteiger partial charge in [-0.05, 0) is 91.4 Å². The first-order valence-corrected chi connectivity index (χ1v) is 12.8. The van der Waals surface area contributed by atoms with Crippen molar-refractivity contribution in [2.45, 2.75) is 97.8 Å². The molecule has 0 aromatic heterocycles. The summed E-state index contributed by atoms with van der Waals surface area (Å²) in [5, 5.41) is 0. The first kappa shape index (κ1) is 22.6. The molecule has 4 saturated carbocycles. The number of rotatable bonds is 2. The van der Waals surface area contributed by atoms with Crippen LogP contribution in [0.25, 0.3) is 0 Å². The van der Waals surface area contributed by atoms with E-state index in [1.165, 1.54) is 82.1 Å². The Bertz CT molecular complexity index is 843. The van der Waals surface area contributed by atoms with Gasteiger partial charge in [0.05, 0.1) is 5.56 Å². The highest BCUT2D eigenvalue weighted by Crippen LogP contribution is 2.70. The minimum absolute atomic E-state index is 0.00552. The van der Waals surface area contributed by atoms with E-state index in [2.05, 4.69) is 27.7 Å². The van der Waals surface area contributed by atoms with Crippen LogP contribution in [-0.2, 0) is 6.18 Å². The molecule has 5 rings (SSSR count). The maximum absolute atomic E-state index is 13.1. The largest absolute Gasteiger partial charge is 0.490 e. The number of halogens is 3. The van der Waals surface area contributed by atoms with Gasteiger partial charge in [0, 0.05) is 11.3 Å². The quantitative estimate of drug-likeness (QED) is 0.440. The van der Waals surface area contributed by atoms with E-state index in [0.29, 0.717) is 23.0 Å². The highest BCUT2D eigenvalue weighted by atomic mass is 19.4. The normalized spacial score (nSPS) is 43.2. The molecule has 2 unspecified atom stereocenters. The third kappa shape index (κ3) is 3.33. The molecule has 4 aliphatic rings. The van der Waals surface area contributed by atoms with Crippen molar-refractivity contribution in [2.24, 2.45) is 39.9 Å². The highest BCUT2D eigenvalue weighted by molar-refractivity contribution is 5.30. The number of alkyl halides is 3. The van der Waals surface area contributed by atoms with Crippen molar-refractivity contribution < 1.29 is 17.9 Å². The lowest BCUT2D eigenvalue weighted by molar-refractivity contribution is -0.211. The topological polar surface area (TPSA) is 9.23 Å². The van der Waals surface area contributed by atoms with Crippen LogP contribution in [-0.4, -0.2) is 6.10 Å². The Morgan fingerprint density at radius 1 is 0.781 bits per heavy atom. The fourth-order valence-corrected chi connectivity index (χ4v) is 9.06. The fourth-order valence-electron chi connectivity index (χ4n) is 9.06. The van der Waals surface area contributed by atoms with E-state index in [4.69, 9.17) is 4.74 Å². The number of hydrogen-bond donors (Lipinski definition) is 0. The molecule has 1 nitrogen and oxygen atoms in total. The molecule has 0 N–H and O–H groups in total. The zero-order valence-corrected chi connectivity index (χ0v) is 20.1. The maximum atomic E-state index is 13.1. The second-order valence-electron chi connectivity index (χ2n) is 12.6. The third-order valence-electron chi connectivity index (χ3n) is 10.6. The molecule has 1 aromatic rings. The van der Waals surface area contributed by atoms with Crippen LogP contribution in [0.5, 0.6) is 5.75 Å². The molecule has 32 heavy (non-hydrogen) atoms. The summed E-state index contributed by atoms with van der Waals surface area (Å²) < 4.78 is 46.0. The van der Waals surface area contributed by atoms with Crippen LogP contribution in [0.1, 0.15) is 91.0 Å². The molecule has 0 spiro atoms. The van der Waals surface area contributed by atoms with Crippen LogP contribution >= 0.6 is 0 Å². The summed E-state index contributed by atoms with van der Waals surface area (Å²) in [4.78, 5) is 0. The van der Waals surface area contributed by atoms with E-state index in [0.717, 1.165) is 11.8 Å². The molecule has 0 radical (unpaired) electrons. The van der Waals surface area contributed by atoms with Crippen LogP contribution in [0, 0.1) is 39.9 Å². The maximum Gasteiger partial charge on any atom is 0.416 e. The SMILES string of the molecule is CC1(C)C(Oc2ccc(C(F)(F)F)cc2)C2CCCC[C@]2(C)[C@@H]2CC[C@]3(C)CCC[C@H]3[C@@H]21. The van der Waals surface area contributed by atoms with Gasteiger partial charge in [-0.2, -0.15) is 13.2 Å². The molecular weight excluding hydrogens is 409 g/mol. The first-order chi connectivity index (χ1) is 15.0. The lowest BCUT2D eigenvalue weighted by atomic mass is 9.39. The summed E-state index contributed by atoms with van der Waals surface area (Å²) in [5.41, 5.74) is 0.129. The highest BCUT2D eigenvalue weighted by Gasteiger charge is 2.66. The standard InChI is InChI=1S/C28H39F3O/c1-25(2)23-20-9-7-15-26(20,3)17-14-21(23)27(4)16-6-5-8-22(27)24(25)32-19-12-10-18(11-13-19)28(29,30)31/h10-13,20-24H,5-9,14-17H2,1-4H3/t20-,21+,22?,23-,24?,26-,27+/m0/s1. The smallest absolute Gasteiger partial charge is 0.416 e. The van der Waals surface area contributed by atoms with Crippen LogP contribution in [0.3, 0.4) is 0 Å². The van der Waals surface area contributed by atoms with Gasteiger partial charge in [0.1, 0.15) is 11.9 Å². The zero-order chi connectivity index (χ0) is 22.9. The monoisotopic (exact) mass is 448 g/mol. The van der Waals surface area contributed by atoms with Gasteiger partial charge in [-0.25, -0.2) is 0 Å². The molecule has 0 bridgehead atoms. The molecule has 178 valence electrons. The van der Waals surface area contributed by atoms with E-state index in [9.17, 15) is 13.2 Å². The van der Waals surface area contributed by atoms with E-state index < -0.39 is 11.7 Å². The second-order valence-corrected chi connectivity index (χ2v) is 12.6. The minimum atomic E-state index is -4.31. The second kappa shape index (κ2) is 7.40. The van der Waals surface area contributed by atoms with Gasteiger partial charge in [-0.3, -0.25) is 0 Å². The van der Waals surface area contributed by atoms with Crippen LogP contribution in [0.15, 0.2) is 24.3 Å². The molecule has 7 atom stereocenters. The van der Waals surface area contributed by atoms with Crippen molar-refractivity contribution in [1.82, 2.24) is 0 Å². The predicted octanol–water partition coefficient (Wildman–Crippen LogP) is 8.52. The van der Waals surface area contributed by atoms with Crippen molar-refractivity contribution in [1.29, 1.82) is 0 Å². The van der Waals surface area contributed by atoms with Gasteiger partial charge in [0.25, 0.3) is 0 Å². The molecule has 0 amide bonds. The Labute approximate surface area is 191 Å². The summed E-state index contributed by atoms with van der Waals surface area (Å²) in [6.45, 7) is 9.89. The number of ether oxygens (including phenoxy) is 1. The molecular formula is C28H39F3O. The van der Waals surface area contributed by atoms with E-state index in [-0.39, 0.29) is 16.9 Å². The lowest BCUT2D eigenvalue weighted by Crippen LogP contribution is -2.65. The Morgan fingerprint density at radius 3 is 2.16 bits per heavy atom. The molecule has 0 saturated heterocycles. The Morgan fingerprint density at radius 2 is 1.47 bits per heavy atom. The number of benzene rings is 1. The third-order valence-corrected chi connectivity index (χ3v) is 10.6. The van der Waals surface area contributed by atoms with Gasteiger partial charge in [-0.15, -0.1) is 0 Å². The van der Waals surface area contributed by atoms with Crippen molar-refractivity contribution >= 4 is 0 Å². The molecule has 4 aliphatic carbocycles. The molecule has 1 aromatic carbocycles. The molecule has 4 heteroatoms. The molecule has 0 aliphatic heterocycles. The van der Waals surface area contributed by atoms with Crippen molar-refractivity contribution in [3.05, 3.63) is 29.8 Å². The van der Waals surface area contributed by atoms with Crippen LogP contribution < -0.4 is 4.74 Å². The van der Waals surface area contributed by atoms with Crippen molar-refractivity contribution in [3.63, 3.8) is 0 Å². The van der Waals surface area contributed by atoms with Crippen molar-refractivity contribution in [2.75, 3.05) is 0 Å². The summed E-state index contributed by atoms with van der Waals surface area (Å²) >= 11 is 0.